The maximum Gasteiger partial charge on any atom is 0.239 e. The minimum atomic E-state index is 0.213. The normalized spacial score (nSPS) is 9.40. The minimum Gasteiger partial charge on any atom is -0.382 e. The predicted octanol–water partition coefficient (Wildman–Crippen LogP) is -0.00220. The first-order valence-corrected chi connectivity index (χ1v) is 2.86. The van der Waals surface area contributed by atoms with E-state index in [1.54, 1.807) is 0 Å². The second kappa shape index (κ2) is 2.68. The highest BCUT2D eigenvalue weighted by Gasteiger charge is 1.97. The fourth-order valence-electron chi connectivity index (χ4n) is 0.450. The number of anilines is 2. The van der Waals surface area contributed by atoms with Crippen molar-refractivity contribution in [1.29, 1.82) is 0 Å². The largest absolute Gasteiger partial charge is 0.382 e. The summed E-state index contributed by atoms with van der Waals surface area (Å²) in [6, 6.07) is 0. The van der Waals surface area contributed by atoms with E-state index in [2.05, 4.69) is 15.4 Å². The number of hydrazine groups is 1. The zero-order chi connectivity index (χ0) is 7.56. The molecule has 10 heavy (non-hydrogen) atoms. The second-order valence-electron chi connectivity index (χ2n) is 1.57. The SMILES string of the molecule is NNc1ncc(Cl)c(N)n1. The Labute approximate surface area is 62.4 Å². The zero-order valence-electron chi connectivity index (χ0n) is 5.00. The Morgan fingerprint density at radius 3 is 2.80 bits per heavy atom. The second-order valence-corrected chi connectivity index (χ2v) is 1.98. The summed E-state index contributed by atoms with van der Waals surface area (Å²) in [4.78, 5) is 7.39. The van der Waals surface area contributed by atoms with Gasteiger partial charge in [0, 0.05) is 0 Å². The van der Waals surface area contributed by atoms with Crippen molar-refractivity contribution in [3.8, 4) is 0 Å². The molecule has 54 valence electrons. The number of hydrogen-bond donors (Lipinski definition) is 3. The molecule has 0 bridgehead atoms. The summed E-state index contributed by atoms with van der Waals surface area (Å²) in [6.07, 6.45) is 1.37. The number of nitrogen functional groups attached to an aromatic ring is 2. The van der Waals surface area contributed by atoms with Crippen LogP contribution in [0.1, 0.15) is 0 Å². The molecule has 1 heterocycles. The van der Waals surface area contributed by atoms with Crippen LogP contribution in [0.2, 0.25) is 5.02 Å². The van der Waals surface area contributed by atoms with E-state index in [1.807, 2.05) is 0 Å². The number of hydrogen-bond acceptors (Lipinski definition) is 5. The van der Waals surface area contributed by atoms with Gasteiger partial charge >= 0.3 is 0 Å². The van der Waals surface area contributed by atoms with Crippen LogP contribution in [0.5, 0.6) is 0 Å². The van der Waals surface area contributed by atoms with Crippen molar-refractivity contribution in [3.05, 3.63) is 11.2 Å². The van der Waals surface area contributed by atoms with Crippen molar-refractivity contribution in [1.82, 2.24) is 9.97 Å². The standard InChI is InChI=1S/C4H6ClN5/c5-2-1-8-4(10-7)9-3(2)6/h1H,7H2,(H3,6,8,9,10). The van der Waals surface area contributed by atoms with E-state index < -0.39 is 0 Å². The summed E-state index contributed by atoms with van der Waals surface area (Å²) in [5.41, 5.74) is 7.55. The molecule has 1 aromatic rings. The number of halogens is 1. The topological polar surface area (TPSA) is 89.8 Å². The third kappa shape index (κ3) is 1.26. The molecule has 0 amide bonds. The Kier molecular flexibility index (Phi) is 1.88. The van der Waals surface area contributed by atoms with Gasteiger partial charge in [-0.15, -0.1) is 0 Å². The monoisotopic (exact) mass is 159 g/mol. The summed E-state index contributed by atoms with van der Waals surface area (Å²) in [5, 5.41) is 0.319. The van der Waals surface area contributed by atoms with E-state index in [4.69, 9.17) is 23.2 Å². The van der Waals surface area contributed by atoms with E-state index in [0.29, 0.717) is 5.02 Å². The summed E-state index contributed by atoms with van der Waals surface area (Å²) in [6.45, 7) is 0. The van der Waals surface area contributed by atoms with E-state index >= 15 is 0 Å². The number of rotatable bonds is 1. The molecule has 5 N–H and O–H groups in total. The van der Waals surface area contributed by atoms with Gasteiger partial charge in [-0.2, -0.15) is 4.98 Å². The van der Waals surface area contributed by atoms with Crippen LogP contribution >= 0.6 is 11.6 Å². The highest BCUT2D eigenvalue weighted by Crippen LogP contribution is 2.14. The maximum absolute atomic E-state index is 5.52. The molecular formula is C4H6ClN5. The molecule has 0 aliphatic heterocycles. The van der Waals surface area contributed by atoms with Gasteiger partial charge in [0.1, 0.15) is 10.8 Å². The molecular weight excluding hydrogens is 154 g/mol. The van der Waals surface area contributed by atoms with Crippen LogP contribution in [0.15, 0.2) is 6.20 Å². The smallest absolute Gasteiger partial charge is 0.239 e. The average molecular weight is 160 g/mol. The summed E-state index contributed by atoms with van der Waals surface area (Å²) in [7, 11) is 0. The first-order chi connectivity index (χ1) is 4.74. The van der Waals surface area contributed by atoms with Crippen molar-refractivity contribution in [2.45, 2.75) is 0 Å². The molecule has 0 spiro atoms. The van der Waals surface area contributed by atoms with Gasteiger partial charge in [0.25, 0.3) is 0 Å². The van der Waals surface area contributed by atoms with Gasteiger partial charge in [-0.05, 0) is 0 Å². The molecule has 0 atom stereocenters. The Morgan fingerprint density at radius 1 is 1.60 bits per heavy atom. The Balaban J connectivity index is 3.04. The summed E-state index contributed by atoms with van der Waals surface area (Å²) in [5.74, 6) is 5.46. The first kappa shape index (κ1) is 7.04. The van der Waals surface area contributed by atoms with Gasteiger partial charge in [-0.3, -0.25) is 5.43 Å². The highest BCUT2D eigenvalue weighted by molar-refractivity contribution is 6.32. The molecule has 1 aromatic heterocycles. The zero-order valence-corrected chi connectivity index (χ0v) is 5.76. The van der Waals surface area contributed by atoms with Gasteiger partial charge in [-0.25, -0.2) is 10.8 Å². The van der Waals surface area contributed by atoms with Crippen LogP contribution in [0.4, 0.5) is 11.8 Å². The Morgan fingerprint density at radius 2 is 2.30 bits per heavy atom. The van der Waals surface area contributed by atoms with Crippen LogP contribution in [-0.2, 0) is 0 Å². The average Bonchev–Trinajstić information content (AvgIpc) is 1.95. The Bertz CT molecular complexity index is 237. The highest BCUT2D eigenvalue weighted by atomic mass is 35.5. The van der Waals surface area contributed by atoms with Crippen LogP contribution in [0.3, 0.4) is 0 Å². The lowest BCUT2D eigenvalue weighted by atomic mass is 10.6. The van der Waals surface area contributed by atoms with E-state index in [9.17, 15) is 0 Å². The molecule has 0 aliphatic rings. The number of nitrogens with one attached hydrogen (secondary N) is 1. The van der Waals surface area contributed by atoms with Crippen molar-refractivity contribution in [2.75, 3.05) is 11.2 Å². The van der Waals surface area contributed by atoms with Crippen LogP contribution in [-0.4, -0.2) is 9.97 Å². The molecule has 1 rings (SSSR count). The number of nitrogens with zero attached hydrogens (tertiary/aromatic N) is 2. The lowest BCUT2D eigenvalue weighted by molar-refractivity contribution is 1.12. The molecule has 0 aromatic carbocycles. The molecule has 0 saturated carbocycles. The van der Waals surface area contributed by atoms with Gasteiger partial charge < -0.3 is 5.73 Å². The van der Waals surface area contributed by atoms with E-state index in [-0.39, 0.29) is 11.8 Å². The van der Waals surface area contributed by atoms with Crippen molar-refractivity contribution < 1.29 is 0 Å². The third-order valence-corrected chi connectivity index (χ3v) is 1.19. The quantitative estimate of drug-likeness (QED) is 0.396. The van der Waals surface area contributed by atoms with Gasteiger partial charge in [0.2, 0.25) is 5.95 Å². The predicted molar refractivity (Wildman–Crippen MR) is 39.3 cm³/mol. The van der Waals surface area contributed by atoms with Crippen LogP contribution < -0.4 is 17.0 Å². The molecule has 5 nitrogen and oxygen atoms in total. The van der Waals surface area contributed by atoms with Crippen molar-refractivity contribution in [2.24, 2.45) is 5.84 Å². The molecule has 0 radical (unpaired) electrons. The van der Waals surface area contributed by atoms with E-state index in [1.165, 1.54) is 6.20 Å². The number of aromatic nitrogens is 2. The lowest BCUT2D eigenvalue weighted by Crippen LogP contribution is -2.11. The molecule has 0 unspecified atom stereocenters. The molecule has 0 saturated heterocycles. The van der Waals surface area contributed by atoms with Gasteiger partial charge in [0.05, 0.1) is 6.20 Å². The van der Waals surface area contributed by atoms with Crippen molar-refractivity contribution >= 4 is 23.4 Å². The molecule has 0 fully saturated rings. The molecule has 0 aliphatic carbocycles. The fourth-order valence-corrected chi connectivity index (χ4v) is 0.541. The van der Waals surface area contributed by atoms with Gasteiger partial charge in [-0.1, -0.05) is 11.6 Å². The summed E-state index contributed by atoms with van der Waals surface area (Å²) >= 11 is 5.52. The minimum absolute atomic E-state index is 0.213. The molecule has 6 heteroatoms. The summed E-state index contributed by atoms with van der Waals surface area (Å²) < 4.78 is 0. The fraction of sp³-hybridized carbons (Fsp3) is 0. The number of nitrogens with two attached hydrogens (primary N) is 2. The first-order valence-electron chi connectivity index (χ1n) is 2.48. The third-order valence-electron chi connectivity index (χ3n) is 0.900. The lowest BCUT2D eigenvalue weighted by Gasteiger charge is -1.98. The Hall–Kier alpha value is -1.07. The van der Waals surface area contributed by atoms with Crippen LogP contribution in [0.25, 0.3) is 0 Å². The van der Waals surface area contributed by atoms with E-state index in [0.717, 1.165) is 0 Å². The van der Waals surface area contributed by atoms with Gasteiger partial charge in [0.15, 0.2) is 0 Å². The maximum atomic E-state index is 5.52. The van der Waals surface area contributed by atoms with Crippen LogP contribution in [0, 0.1) is 0 Å². The van der Waals surface area contributed by atoms with Crippen molar-refractivity contribution in [3.63, 3.8) is 0 Å².